The number of amides is 1. The highest BCUT2D eigenvalue weighted by molar-refractivity contribution is 7.86. The fourth-order valence-corrected chi connectivity index (χ4v) is 4.33. The van der Waals surface area contributed by atoms with Gasteiger partial charge < -0.3 is 5.32 Å². The van der Waals surface area contributed by atoms with Crippen LogP contribution in [0.15, 0.2) is 0 Å². The lowest BCUT2D eigenvalue weighted by atomic mass is 10.2. The average molecular weight is 289 g/mol. The zero-order valence-electron chi connectivity index (χ0n) is 11.6. The van der Waals surface area contributed by atoms with E-state index in [1.54, 1.807) is 0 Å². The topological polar surface area (TPSA) is 69.7 Å². The number of hydrogen-bond acceptors (Lipinski definition) is 3. The van der Waals surface area contributed by atoms with Crippen molar-refractivity contribution in [2.45, 2.75) is 51.6 Å². The molecule has 0 bridgehead atoms. The molecule has 1 saturated carbocycles. The van der Waals surface area contributed by atoms with E-state index in [4.69, 9.17) is 0 Å². The van der Waals surface area contributed by atoms with Crippen molar-refractivity contribution in [2.24, 2.45) is 0 Å². The minimum absolute atomic E-state index is 0.129. The largest absolute Gasteiger partial charge is 0.352 e. The molecule has 0 radical (unpaired) electrons. The Hall–Kier alpha value is -0.660. The Labute approximate surface area is 115 Å². The van der Waals surface area contributed by atoms with Crippen LogP contribution in [0.2, 0.25) is 0 Å². The van der Waals surface area contributed by atoms with Crippen molar-refractivity contribution in [3.05, 3.63) is 0 Å². The first-order chi connectivity index (χ1) is 9.00. The predicted molar refractivity (Wildman–Crippen MR) is 72.7 cm³/mol. The summed E-state index contributed by atoms with van der Waals surface area (Å²) < 4.78 is 27.8. The van der Waals surface area contributed by atoms with E-state index in [1.807, 2.05) is 13.8 Å². The van der Waals surface area contributed by atoms with E-state index in [2.05, 4.69) is 5.32 Å². The Balaban J connectivity index is 2.10. The standard InChI is InChI=1S/C12H23N3O3S/c1-3-14(4-2)19(17,18)15-9-5-6-11(15)12(16)13-10-7-8-10/h10-11H,3-9H2,1-2H3,(H,13,16). The number of nitrogens with one attached hydrogen (secondary N) is 1. The second kappa shape index (κ2) is 5.76. The van der Waals surface area contributed by atoms with Crippen molar-refractivity contribution >= 4 is 16.1 Å². The first kappa shape index (κ1) is 14.7. The quantitative estimate of drug-likeness (QED) is 0.765. The van der Waals surface area contributed by atoms with Gasteiger partial charge in [0.1, 0.15) is 6.04 Å². The number of rotatable bonds is 6. The van der Waals surface area contributed by atoms with Crippen LogP contribution in [0.3, 0.4) is 0 Å². The van der Waals surface area contributed by atoms with Crippen LogP contribution in [0.1, 0.15) is 39.5 Å². The van der Waals surface area contributed by atoms with Gasteiger partial charge in [-0.1, -0.05) is 13.8 Å². The van der Waals surface area contributed by atoms with Gasteiger partial charge in [0.25, 0.3) is 10.2 Å². The van der Waals surface area contributed by atoms with Crippen molar-refractivity contribution in [2.75, 3.05) is 19.6 Å². The molecule has 0 spiro atoms. The van der Waals surface area contributed by atoms with Gasteiger partial charge in [0, 0.05) is 25.7 Å². The Morgan fingerprint density at radius 1 is 1.26 bits per heavy atom. The third-order valence-electron chi connectivity index (χ3n) is 3.76. The van der Waals surface area contributed by atoms with Gasteiger partial charge in [-0.05, 0) is 25.7 Å². The molecule has 1 heterocycles. The lowest BCUT2D eigenvalue weighted by Crippen LogP contribution is -2.51. The first-order valence-electron chi connectivity index (χ1n) is 7.08. The second-order valence-electron chi connectivity index (χ2n) is 5.14. The molecule has 2 rings (SSSR count). The van der Waals surface area contributed by atoms with Crippen LogP contribution in [0.25, 0.3) is 0 Å². The molecule has 110 valence electrons. The van der Waals surface area contributed by atoms with Crippen LogP contribution in [0, 0.1) is 0 Å². The maximum Gasteiger partial charge on any atom is 0.282 e. The normalized spacial score (nSPS) is 24.9. The zero-order chi connectivity index (χ0) is 14.0. The molecule has 6 nitrogen and oxygen atoms in total. The summed E-state index contributed by atoms with van der Waals surface area (Å²) in [4.78, 5) is 12.1. The number of hydrogen-bond donors (Lipinski definition) is 1. The summed E-state index contributed by atoms with van der Waals surface area (Å²) in [6, 6.07) is -0.252. The Morgan fingerprint density at radius 3 is 2.42 bits per heavy atom. The summed E-state index contributed by atoms with van der Waals surface area (Å²) in [6.45, 7) is 4.95. The van der Waals surface area contributed by atoms with Gasteiger partial charge in [-0.2, -0.15) is 17.0 Å². The molecular weight excluding hydrogens is 266 g/mol. The molecule has 1 amide bonds. The van der Waals surface area contributed by atoms with E-state index in [0.717, 1.165) is 19.3 Å². The predicted octanol–water partition coefficient (Wildman–Crippen LogP) is 0.316. The SMILES string of the molecule is CCN(CC)S(=O)(=O)N1CCCC1C(=O)NC1CC1. The van der Waals surface area contributed by atoms with Crippen LogP contribution < -0.4 is 5.32 Å². The van der Waals surface area contributed by atoms with E-state index in [0.29, 0.717) is 26.1 Å². The van der Waals surface area contributed by atoms with E-state index in [-0.39, 0.29) is 11.9 Å². The maximum absolute atomic E-state index is 12.5. The fourth-order valence-electron chi connectivity index (χ4n) is 2.50. The third-order valence-corrected chi connectivity index (χ3v) is 5.96. The van der Waals surface area contributed by atoms with E-state index in [1.165, 1.54) is 8.61 Å². The first-order valence-corrected chi connectivity index (χ1v) is 8.47. The smallest absolute Gasteiger partial charge is 0.282 e. The van der Waals surface area contributed by atoms with E-state index < -0.39 is 16.3 Å². The van der Waals surface area contributed by atoms with Gasteiger partial charge in [0.15, 0.2) is 0 Å². The van der Waals surface area contributed by atoms with Crippen LogP contribution in [-0.2, 0) is 15.0 Å². The van der Waals surface area contributed by atoms with E-state index in [9.17, 15) is 13.2 Å². The summed E-state index contributed by atoms with van der Waals surface area (Å²) in [5, 5.41) is 2.91. The highest BCUT2D eigenvalue weighted by atomic mass is 32.2. The molecule has 2 aliphatic rings. The molecule has 19 heavy (non-hydrogen) atoms. The van der Waals surface area contributed by atoms with Gasteiger partial charge in [-0.15, -0.1) is 0 Å². The minimum Gasteiger partial charge on any atom is -0.352 e. The second-order valence-corrected chi connectivity index (χ2v) is 7.02. The lowest BCUT2D eigenvalue weighted by molar-refractivity contribution is -0.124. The van der Waals surface area contributed by atoms with Crippen LogP contribution in [-0.4, -0.2) is 54.7 Å². The molecule has 7 heteroatoms. The van der Waals surface area contributed by atoms with Gasteiger partial charge in [-0.3, -0.25) is 4.79 Å². The summed E-state index contributed by atoms with van der Waals surface area (Å²) in [6.07, 6.45) is 3.41. The molecule has 0 aromatic carbocycles. The maximum atomic E-state index is 12.5. The molecule has 1 atom stereocenters. The summed E-state index contributed by atoms with van der Waals surface area (Å²) in [7, 11) is -3.50. The average Bonchev–Trinajstić information content (AvgIpc) is 3.03. The number of nitrogens with zero attached hydrogens (tertiary/aromatic N) is 2. The molecule has 2 fully saturated rings. The van der Waals surface area contributed by atoms with Crippen LogP contribution in [0.5, 0.6) is 0 Å². The third kappa shape index (κ3) is 3.09. The molecule has 1 saturated heterocycles. The van der Waals surface area contributed by atoms with Gasteiger partial charge in [0.05, 0.1) is 0 Å². The molecular formula is C12H23N3O3S. The highest BCUT2D eigenvalue weighted by Crippen LogP contribution is 2.25. The van der Waals surface area contributed by atoms with Crippen molar-refractivity contribution in [1.29, 1.82) is 0 Å². The Bertz CT molecular complexity index is 430. The molecule has 1 unspecified atom stereocenters. The number of carbonyl (C=O) groups excluding carboxylic acids is 1. The van der Waals surface area contributed by atoms with Gasteiger partial charge in [-0.25, -0.2) is 0 Å². The molecule has 0 aromatic heterocycles. The highest BCUT2D eigenvalue weighted by Gasteiger charge is 2.41. The molecule has 1 aliphatic carbocycles. The zero-order valence-corrected chi connectivity index (χ0v) is 12.4. The van der Waals surface area contributed by atoms with Crippen molar-refractivity contribution in [3.8, 4) is 0 Å². The van der Waals surface area contributed by atoms with E-state index >= 15 is 0 Å². The minimum atomic E-state index is -3.50. The summed E-state index contributed by atoms with van der Waals surface area (Å²) in [5.74, 6) is -0.129. The fraction of sp³-hybridized carbons (Fsp3) is 0.917. The van der Waals surface area contributed by atoms with Crippen LogP contribution >= 0.6 is 0 Å². The van der Waals surface area contributed by atoms with Crippen molar-refractivity contribution < 1.29 is 13.2 Å². The molecule has 0 aromatic rings. The Morgan fingerprint density at radius 2 is 1.89 bits per heavy atom. The lowest BCUT2D eigenvalue weighted by Gasteiger charge is -2.29. The van der Waals surface area contributed by atoms with Crippen LogP contribution in [0.4, 0.5) is 0 Å². The Kier molecular flexibility index (Phi) is 4.47. The summed E-state index contributed by atoms with van der Waals surface area (Å²) in [5.41, 5.74) is 0. The monoisotopic (exact) mass is 289 g/mol. The molecule has 1 aliphatic heterocycles. The van der Waals surface area contributed by atoms with Crippen molar-refractivity contribution in [3.63, 3.8) is 0 Å². The molecule has 1 N–H and O–H groups in total. The summed E-state index contributed by atoms with van der Waals surface area (Å²) >= 11 is 0. The van der Waals surface area contributed by atoms with Gasteiger partial charge >= 0.3 is 0 Å². The van der Waals surface area contributed by atoms with Crippen molar-refractivity contribution in [1.82, 2.24) is 13.9 Å². The number of carbonyl (C=O) groups is 1. The van der Waals surface area contributed by atoms with Gasteiger partial charge in [0.2, 0.25) is 5.91 Å².